The van der Waals surface area contributed by atoms with Gasteiger partial charge in [-0.05, 0) is 31.6 Å². The van der Waals surface area contributed by atoms with E-state index < -0.39 is 5.60 Å². The highest BCUT2D eigenvalue weighted by molar-refractivity contribution is 4.84. The lowest BCUT2D eigenvalue weighted by molar-refractivity contribution is -0.0611. The summed E-state index contributed by atoms with van der Waals surface area (Å²) in [6, 6.07) is 0. The van der Waals surface area contributed by atoms with Gasteiger partial charge in [-0.15, -0.1) is 0 Å². The van der Waals surface area contributed by atoms with Crippen LogP contribution in [0.2, 0.25) is 0 Å². The van der Waals surface area contributed by atoms with Crippen molar-refractivity contribution in [1.29, 1.82) is 0 Å². The summed E-state index contributed by atoms with van der Waals surface area (Å²) in [6.45, 7) is 3.89. The molecule has 12 heavy (non-hydrogen) atoms. The highest BCUT2D eigenvalue weighted by atomic mass is 16.3. The Morgan fingerprint density at radius 1 is 1.25 bits per heavy atom. The van der Waals surface area contributed by atoms with E-state index in [1.807, 2.05) is 0 Å². The Hall–Kier alpha value is -0.0800. The molecule has 2 heteroatoms. The summed E-state index contributed by atoms with van der Waals surface area (Å²) in [5, 5.41) is 18.7. The molecule has 0 heterocycles. The molecular weight excluding hydrogens is 152 g/mol. The Morgan fingerprint density at radius 2 is 1.75 bits per heavy atom. The van der Waals surface area contributed by atoms with Gasteiger partial charge in [0, 0.05) is 0 Å². The van der Waals surface area contributed by atoms with Crippen LogP contribution in [0.5, 0.6) is 0 Å². The van der Waals surface area contributed by atoms with E-state index in [1.54, 1.807) is 6.92 Å². The van der Waals surface area contributed by atoms with Crippen LogP contribution in [0.15, 0.2) is 0 Å². The molecule has 0 spiro atoms. The number of hydrogen-bond acceptors (Lipinski definition) is 2. The minimum Gasteiger partial charge on any atom is -0.393 e. The topological polar surface area (TPSA) is 40.5 Å². The molecule has 1 aliphatic rings. The average Bonchev–Trinajstić information content (AvgIpc) is 2.05. The van der Waals surface area contributed by atoms with Crippen LogP contribution in [0, 0.1) is 11.8 Å². The average molecular weight is 172 g/mol. The summed E-state index contributed by atoms with van der Waals surface area (Å²) in [5.74, 6) is 1.11. The zero-order chi connectivity index (χ0) is 9.19. The van der Waals surface area contributed by atoms with Gasteiger partial charge in [-0.2, -0.15) is 0 Å². The molecule has 0 aromatic heterocycles. The van der Waals surface area contributed by atoms with Crippen molar-refractivity contribution in [2.45, 2.75) is 45.1 Å². The van der Waals surface area contributed by atoms with E-state index in [-0.39, 0.29) is 6.61 Å². The Labute approximate surface area is 74.6 Å². The molecule has 72 valence electrons. The number of rotatable bonds is 2. The SMILES string of the molecule is CC1CCC(C(C)(O)CO)CC1. The fourth-order valence-electron chi connectivity index (χ4n) is 2.01. The molecule has 1 rings (SSSR count). The molecule has 2 nitrogen and oxygen atoms in total. The third-order valence-corrected chi connectivity index (χ3v) is 3.22. The van der Waals surface area contributed by atoms with Crippen LogP contribution in [0.1, 0.15) is 39.5 Å². The minimum atomic E-state index is -0.847. The zero-order valence-electron chi connectivity index (χ0n) is 8.08. The molecule has 0 aromatic rings. The molecule has 0 amide bonds. The molecule has 0 radical (unpaired) electrons. The Balaban J connectivity index is 2.44. The molecule has 0 bridgehead atoms. The van der Waals surface area contributed by atoms with Crippen LogP contribution in [0.25, 0.3) is 0 Å². The van der Waals surface area contributed by atoms with Crippen molar-refractivity contribution in [3.05, 3.63) is 0 Å². The lowest BCUT2D eigenvalue weighted by Gasteiger charge is -2.36. The number of hydrogen-bond donors (Lipinski definition) is 2. The van der Waals surface area contributed by atoms with Crippen LogP contribution in [0.3, 0.4) is 0 Å². The monoisotopic (exact) mass is 172 g/mol. The maximum Gasteiger partial charge on any atom is 0.0877 e. The zero-order valence-corrected chi connectivity index (χ0v) is 8.08. The highest BCUT2D eigenvalue weighted by Crippen LogP contribution is 2.34. The maximum absolute atomic E-state index is 9.78. The molecule has 1 atom stereocenters. The van der Waals surface area contributed by atoms with Gasteiger partial charge >= 0.3 is 0 Å². The Bertz CT molecular complexity index is 135. The van der Waals surface area contributed by atoms with Crippen molar-refractivity contribution in [2.75, 3.05) is 6.61 Å². The molecule has 1 fully saturated rings. The van der Waals surface area contributed by atoms with Crippen molar-refractivity contribution in [3.63, 3.8) is 0 Å². The second-order valence-electron chi connectivity index (χ2n) is 4.47. The van der Waals surface area contributed by atoms with Crippen LogP contribution in [-0.2, 0) is 0 Å². The van der Waals surface area contributed by atoms with E-state index in [9.17, 15) is 5.11 Å². The fraction of sp³-hybridized carbons (Fsp3) is 1.00. The van der Waals surface area contributed by atoms with Crippen molar-refractivity contribution in [2.24, 2.45) is 11.8 Å². The first-order chi connectivity index (χ1) is 5.56. The third kappa shape index (κ3) is 2.20. The van der Waals surface area contributed by atoms with Gasteiger partial charge in [-0.25, -0.2) is 0 Å². The van der Waals surface area contributed by atoms with E-state index in [4.69, 9.17) is 5.11 Å². The van der Waals surface area contributed by atoms with Gasteiger partial charge in [0.05, 0.1) is 12.2 Å². The van der Waals surface area contributed by atoms with Gasteiger partial charge < -0.3 is 10.2 Å². The van der Waals surface area contributed by atoms with Crippen molar-refractivity contribution >= 4 is 0 Å². The first kappa shape index (κ1) is 10.0. The summed E-state index contributed by atoms with van der Waals surface area (Å²) in [5.41, 5.74) is -0.847. The standard InChI is InChI=1S/C10H20O2/c1-8-3-5-9(6-4-8)10(2,12)7-11/h8-9,11-12H,3-7H2,1-2H3. The van der Waals surface area contributed by atoms with E-state index in [0.29, 0.717) is 5.92 Å². The molecular formula is C10H20O2. The van der Waals surface area contributed by atoms with Crippen molar-refractivity contribution in [1.82, 2.24) is 0 Å². The lowest BCUT2D eigenvalue weighted by Crippen LogP contribution is -2.40. The molecule has 0 aromatic carbocycles. The summed E-state index contributed by atoms with van der Waals surface area (Å²) in [6.07, 6.45) is 4.52. The summed E-state index contributed by atoms with van der Waals surface area (Å²) < 4.78 is 0. The molecule has 0 aliphatic heterocycles. The summed E-state index contributed by atoms with van der Waals surface area (Å²) in [4.78, 5) is 0. The van der Waals surface area contributed by atoms with E-state index in [1.165, 1.54) is 12.8 Å². The lowest BCUT2D eigenvalue weighted by atomic mass is 9.75. The minimum absolute atomic E-state index is 0.105. The van der Waals surface area contributed by atoms with Gasteiger partial charge in [0.1, 0.15) is 0 Å². The van der Waals surface area contributed by atoms with E-state index in [2.05, 4.69) is 6.92 Å². The Morgan fingerprint density at radius 3 is 2.17 bits per heavy atom. The second kappa shape index (κ2) is 3.75. The molecule has 1 aliphatic carbocycles. The second-order valence-corrected chi connectivity index (χ2v) is 4.47. The molecule has 2 N–H and O–H groups in total. The molecule has 0 saturated heterocycles. The van der Waals surface area contributed by atoms with Gasteiger partial charge in [-0.3, -0.25) is 0 Å². The predicted molar refractivity (Wildman–Crippen MR) is 48.8 cm³/mol. The van der Waals surface area contributed by atoms with Crippen molar-refractivity contribution < 1.29 is 10.2 Å². The number of aliphatic hydroxyl groups is 2. The maximum atomic E-state index is 9.78. The van der Waals surface area contributed by atoms with Crippen LogP contribution >= 0.6 is 0 Å². The molecule has 1 unspecified atom stereocenters. The smallest absolute Gasteiger partial charge is 0.0877 e. The van der Waals surface area contributed by atoms with E-state index >= 15 is 0 Å². The van der Waals surface area contributed by atoms with Crippen LogP contribution < -0.4 is 0 Å². The van der Waals surface area contributed by atoms with Gasteiger partial charge in [0.25, 0.3) is 0 Å². The predicted octanol–water partition coefficient (Wildman–Crippen LogP) is 1.56. The third-order valence-electron chi connectivity index (χ3n) is 3.22. The molecule has 1 saturated carbocycles. The van der Waals surface area contributed by atoms with Crippen LogP contribution in [-0.4, -0.2) is 22.4 Å². The summed E-state index contributed by atoms with van der Waals surface area (Å²) >= 11 is 0. The first-order valence-corrected chi connectivity index (χ1v) is 4.89. The van der Waals surface area contributed by atoms with Gasteiger partial charge in [-0.1, -0.05) is 19.8 Å². The van der Waals surface area contributed by atoms with Crippen LogP contribution in [0.4, 0.5) is 0 Å². The fourth-order valence-corrected chi connectivity index (χ4v) is 2.01. The Kier molecular flexibility index (Phi) is 3.13. The van der Waals surface area contributed by atoms with Gasteiger partial charge in [0.2, 0.25) is 0 Å². The highest BCUT2D eigenvalue weighted by Gasteiger charge is 2.33. The summed E-state index contributed by atoms with van der Waals surface area (Å²) in [7, 11) is 0. The quantitative estimate of drug-likeness (QED) is 0.663. The van der Waals surface area contributed by atoms with Gasteiger partial charge in [0.15, 0.2) is 0 Å². The number of aliphatic hydroxyl groups excluding tert-OH is 1. The normalized spacial score (nSPS) is 36.0. The first-order valence-electron chi connectivity index (χ1n) is 4.89. The van der Waals surface area contributed by atoms with E-state index in [0.717, 1.165) is 18.8 Å². The largest absolute Gasteiger partial charge is 0.393 e. The van der Waals surface area contributed by atoms with Crippen molar-refractivity contribution in [3.8, 4) is 0 Å².